The van der Waals surface area contributed by atoms with Gasteiger partial charge in [-0.1, -0.05) is 6.07 Å². The van der Waals surface area contributed by atoms with Crippen LogP contribution in [-0.2, 0) is 4.79 Å². The third-order valence-electron chi connectivity index (χ3n) is 3.94. The number of hydrogen-bond acceptors (Lipinski definition) is 7. The van der Waals surface area contributed by atoms with E-state index in [0.29, 0.717) is 5.56 Å². The van der Waals surface area contributed by atoms with Crippen molar-refractivity contribution in [1.82, 2.24) is 10.2 Å². The molecule has 3 rings (SSSR count). The Kier molecular flexibility index (Phi) is 6.72. The number of halogens is 2. The molecule has 158 valence electrons. The molecule has 0 bridgehead atoms. The zero-order valence-corrected chi connectivity index (χ0v) is 16.4. The molecular weight excluding hydrogens is 422 g/mol. The van der Waals surface area contributed by atoms with Crippen molar-refractivity contribution in [2.45, 2.75) is 6.61 Å². The Morgan fingerprint density at radius 2 is 2.10 bits per heavy atom. The zero-order chi connectivity index (χ0) is 21.7. The minimum Gasteiger partial charge on any atom is -0.493 e. The van der Waals surface area contributed by atoms with Gasteiger partial charge >= 0.3 is 6.61 Å². The number of imide groups is 1. The standard InChI is InChI=1S/C19H16F2N2O6S/c1-27-14-9-11(4-5-12(14)29-18(20)21)10-15-17(25)23(19(26)30-15)7-6-22-16(24)13-3-2-8-28-13/h2-5,8-10,18H,6-7H2,1H3,(H,22,24)/b15-10-. The summed E-state index contributed by atoms with van der Waals surface area (Å²) in [4.78, 5) is 37.7. The van der Waals surface area contributed by atoms with Crippen molar-refractivity contribution in [2.75, 3.05) is 20.2 Å². The number of hydrogen-bond donors (Lipinski definition) is 1. The lowest BCUT2D eigenvalue weighted by molar-refractivity contribution is -0.122. The SMILES string of the molecule is COc1cc(/C=C2\SC(=O)N(CCNC(=O)c3ccco3)C2=O)ccc1OC(F)F. The van der Waals surface area contributed by atoms with E-state index in [1.54, 1.807) is 6.07 Å². The number of furan rings is 1. The fourth-order valence-electron chi connectivity index (χ4n) is 2.59. The van der Waals surface area contributed by atoms with Gasteiger partial charge in [-0.15, -0.1) is 0 Å². The predicted molar refractivity (Wildman–Crippen MR) is 103 cm³/mol. The van der Waals surface area contributed by atoms with Crippen LogP contribution >= 0.6 is 11.8 Å². The lowest BCUT2D eigenvalue weighted by Gasteiger charge is -2.12. The van der Waals surface area contributed by atoms with E-state index < -0.39 is 23.7 Å². The topological polar surface area (TPSA) is 98.1 Å². The first-order valence-electron chi connectivity index (χ1n) is 8.59. The molecule has 8 nitrogen and oxygen atoms in total. The van der Waals surface area contributed by atoms with Gasteiger partial charge in [-0.25, -0.2) is 0 Å². The van der Waals surface area contributed by atoms with Crippen LogP contribution in [-0.4, -0.2) is 48.8 Å². The molecule has 1 aliphatic heterocycles. The summed E-state index contributed by atoms with van der Waals surface area (Å²) < 4.78 is 39.2. The van der Waals surface area contributed by atoms with Gasteiger partial charge < -0.3 is 19.2 Å². The maximum atomic E-state index is 12.5. The van der Waals surface area contributed by atoms with Crippen molar-refractivity contribution in [3.63, 3.8) is 0 Å². The van der Waals surface area contributed by atoms with E-state index in [-0.39, 0.29) is 35.3 Å². The number of carbonyl (C=O) groups excluding carboxylic acids is 3. The van der Waals surface area contributed by atoms with E-state index in [0.717, 1.165) is 16.7 Å². The second-order valence-corrected chi connectivity index (χ2v) is 6.85. The van der Waals surface area contributed by atoms with E-state index in [9.17, 15) is 23.2 Å². The van der Waals surface area contributed by atoms with E-state index in [2.05, 4.69) is 10.1 Å². The summed E-state index contributed by atoms with van der Waals surface area (Å²) in [6.45, 7) is -2.97. The molecule has 1 saturated heterocycles. The fraction of sp³-hybridized carbons (Fsp3) is 0.211. The Morgan fingerprint density at radius 1 is 1.30 bits per heavy atom. The van der Waals surface area contributed by atoms with Crippen molar-refractivity contribution < 1.29 is 37.1 Å². The minimum atomic E-state index is -3.01. The largest absolute Gasteiger partial charge is 0.493 e. The van der Waals surface area contributed by atoms with Gasteiger partial charge in [-0.2, -0.15) is 8.78 Å². The van der Waals surface area contributed by atoms with Crippen LogP contribution in [0, 0.1) is 0 Å². The summed E-state index contributed by atoms with van der Waals surface area (Å²) in [5, 5.41) is 2.07. The number of thioether (sulfide) groups is 1. The van der Waals surface area contributed by atoms with Gasteiger partial charge in [-0.3, -0.25) is 19.3 Å². The van der Waals surface area contributed by atoms with Crippen molar-refractivity contribution in [3.05, 3.63) is 52.8 Å². The first kappa shape index (κ1) is 21.4. The third-order valence-corrected chi connectivity index (χ3v) is 4.85. The van der Waals surface area contributed by atoms with Crippen molar-refractivity contribution in [2.24, 2.45) is 0 Å². The van der Waals surface area contributed by atoms with Crippen LogP contribution in [0.2, 0.25) is 0 Å². The van der Waals surface area contributed by atoms with Gasteiger partial charge in [0, 0.05) is 13.1 Å². The second-order valence-electron chi connectivity index (χ2n) is 5.86. The molecule has 11 heteroatoms. The van der Waals surface area contributed by atoms with Crippen molar-refractivity contribution >= 4 is 34.9 Å². The molecule has 0 unspecified atom stereocenters. The maximum absolute atomic E-state index is 12.5. The molecule has 0 atom stereocenters. The number of ether oxygens (including phenoxy) is 2. The molecule has 1 aromatic carbocycles. The van der Waals surface area contributed by atoms with Crippen molar-refractivity contribution in [3.8, 4) is 11.5 Å². The number of alkyl halides is 2. The van der Waals surface area contributed by atoms with E-state index in [1.165, 1.54) is 43.7 Å². The first-order chi connectivity index (χ1) is 14.4. The number of nitrogens with zero attached hydrogens (tertiary/aromatic N) is 1. The molecule has 3 amide bonds. The van der Waals surface area contributed by atoms with E-state index >= 15 is 0 Å². The molecular formula is C19H16F2N2O6S. The smallest absolute Gasteiger partial charge is 0.387 e. The van der Waals surface area contributed by atoms with Crippen LogP contribution in [0.15, 0.2) is 45.9 Å². The lowest BCUT2D eigenvalue weighted by Crippen LogP contribution is -2.37. The van der Waals surface area contributed by atoms with E-state index in [4.69, 9.17) is 9.15 Å². The fourth-order valence-corrected chi connectivity index (χ4v) is 3.45. The van der Waals surface area contributed by atoms with Gasteiger partial charge in [0.25, 0.3) is 17.1 Å². The Morgan fingerprint density at radius 3 is 2.77 bits per heavy atom. The molecule has 0 spiro atoms. The Bertz CT molecular complexity index is 977. The highest BCUT2D eigenvalue weighted by atomic mass is 32.2. The Balaban J connectivity index is 1.65. The van der Waals surface area contributed by atoms with Gasteiger partial charge in [0.15, 0.2) is 17.3 Å². The number of rotatable bonds is 8. The third kappa shape index (κ3) is 4.98. The molecule has 1 fully saturated rings. The molecule has 30 heavy (non-hydrogen) atoms. The van der Waals surface area contributed by atoms with Crippen LogP contribution in [0.25, 0.3) is 6.08 Å². The van der Waals surface area contributed by atoms with Gasteiger partial charge in [0.05, 0.1) is 18.3 Å². The zero-order valence-electron chi connectivity index (χ0n) is 15.6. The van der Waals surface area contributed by atoms with Crippen LogP contribution in [0.4, 0.5) is 13.6 Å². The average molecular weight is 438 g/mol. The van der Waals surface area contributed by atoms with Gasteiger partial charge in [0.2, 0.25) is 0 Å². The summed E-state index contributed by atoms with van der Waals surface area (Å²) in [5.74, 6) is -0.948. The maximum Gasteiger partial charge on any atom is 0.387 e. The summed E-state index contributed by atoms with van der Waals surface area (Å²) in [5.41, 5.74) is 0.463. The van der Waals surface area contributed by atoms with Crippen LogP contribution in [0.1, 0.15) is 16.1 Å². The summed E-state index contributed by atoms with van der Waals surface area (Å²) in [7, 11) is 1.29. The van der Waals surface area contributed by atoms with Gasteiger partial charge in [-0.05, 0) is 47.7 Å². The molecule has 1 N–H and O–H groups in total. The number of nitrogens with one attached hydrogen (secondary N) is 1. The predicted octanol–water partition coefficient (Wildman–Crippen LogP) is 3.36. The molecule has 2 aromatic rings. The second kappa shape index (κ2) is 9.44. The highest BCUT2D eigenvalue weighted by Crippen LogP contribution is 2.34. The van der Waals surface area contributed by atoms with Crippen LogP contribution in [0.3, 0.4) is 0 Å². The normalized spacial score (nSPS) is 15.2. The highest BCUT2D eigenvalue weighted by Gasteiger charge is 2.34. The Labute approximate surface area is 173 Å². The molecule has 2 heterocycles. The Hall–Kier alpha value is -3.34. The molecule has 1 aliphatic rings. The monoisotopic (exact) mass is 438 g/mol. The number of amides is 3. The molecule has 0 saturated carbocycles. The minimum absolute atomic E-state index is 0.0149. The van der Waals surface area contributed by atoms with Gasteiger partial charge in [0.1, 0.15) is 0 Å². The molecule has 0 aliphatic carbocycles. The van der Waals surface area contributed by atoms with E-state index in [1.807, 2.05) is 0 Å². The molecule has 1 aromatic heterocycles. The molecule has 0 radical (unpaired) electrons. The lowest BCUT2D eigenvalue weighted by atomic mass is 10.2. The first-order valence-corrected chi connectivity index (χ1v) is 9.40. The number of carbonyl (C=O) groups is 3. The van der Waals surface area contributed by atoms with Crippen molar-refractivity contribution in [1.29, 1.82) is 0 Å². The summed E-state index contributed by atoms with van der Waals surface area (Å²) >= 11 is 0.737. The quantitative estimate of drug-likeness (QED) is 0.631. The number of methoxy groups -OCH3 is 1. The number of benzene rings is 1. The average Bonchev–Trinajstić information content (AvgIpc) is 3.33. The summed E-state index contributed by atoms with van der Waals surface area (Å²) in [6, 6.07) is 7.21. The highest BCUT2D eigenvalue weighted by molar-refractivity contribution is 8.18. The van der Waals surface area contributed by atoms with Crippen LogP contribution in [0.5, 0.6) is 11.5 Å². The summed E-state index contributed by atoms with van der Waals surface area (Å²) in [6.07, 6.45) is 2.80. The van der Waals surface area contributed by atoms with Crippen LogP contribution < -0.4 is 14.8 Å².